The SMILES string of the molecule is Cc1cc(-c2ncc(CC(C)N)cn2)nc2ccccc12. The predicted molar refractivity (Wildman–Crippen MR) is 84.9 cm³/mol. The van der Waals surface area contributed by atoms with Gasteiger partial charge in [0.15, 0.2) is 5.82 Å². The molecule has 21 heavy (non-hydrogen) atoms. The summed E-state index contributed by atoms with van der Waals surface area (Å²) in [4.78, 5) is 13.5. The van der Waals surface area contributed by atoms with Gasteiger partial charge in [-0.15, -0.1) is 0 Å². The van der Waals surface area contributed by atoms with Crippen LogP contribution in [-0.4, -0.2) is 21.0 Å². The summed E-state index contributed by atoms with van der Waals surface area (Å²) in [6, 6.07) is 10.2. The van der Waals surface area contributed by atoms with Crippen molar-refractivity contribution in [2.24, 2.45) is 5.73 Å². The average Bonchev–Trinajstić information content (AvgIpc) is 2.47. The molecular formula is C17H18N4. The highest BCUT2D eigenvalue weighted by Gasteiger charge is 2.07. The third-order valence-corrected chi connectivity index (χ3v) is 3.42. The fourth-order valence-electron chi connectivity index (χ4n) is 2.43. The summed E-state index contributed by atoms with van der Waals surface area (Å²) in [5.74, 6) is 0.650. The third-order valence-electron chi connectivity index (χ3n) is 3.42. The van der Waals surface area contributed by atoms with Gasteiger partial charge in [-0.3, -0.25) is 0 Å². The lowest BCUT2D eigenvalue weighted by Crippen LogP contribution is -2.18. The zero-order valence-electron chi connectivity index (χ0n) is 12.2. The first-order valence-electron chi connectivity index (χ1n) is 7.07. The number of hydrogen-bond acceptors (Lipinski definition) is 4. The summed E-state index contributed by atoms with van der Waals surface area (Å²) in [5.41, 5.74) is 9.79. The monoisotopic (exact) mass is 278 g/mol. The Kier molecular flexibility index (Phi) is 3.62. The molecule has 0 saturated heterocycles. The first-order valence-corrected chi connectivity index (χ1v) is 7.07. The van der Waals surface area contributed by atoms with Crippen molar-refractivity contribution in [3.63, 3.8) is 0 Å². The van der Waals surface area contributed by atoms with Crippen LogP contribution in [0.3, 0.4) is 0 Å². The normalized spacial score (nSPS) is 12.5. The molecule has 4 heteroatoms. The van der Waals surface area contributed by atoms with Gasteiger partial charge in [-0.05, 0) is 43.5 Å². The van der Waals surface area contributed by atoms with Crippen LogP contribution in [0, 0.1) is 6.92 Å². The first kappa shape index (κ1) is 13.6. The van der Waals surface area contributed by atoms with Crippen molar-refractivity contribution >= 4 is 10.9 Å². The molecule has 106 valence electrons. The van der Waals surface area contributed by atoms with Crippen LogP contribution in [0.1, 0.15) is 18.1 Å². The van der Waals surface area contributed by atoms with Crippen LogP contribution >= 0.6 is 0 Å². The molecule has 2 heterocycles. The van der Waals surface area contributed by atoms with Crippen LogP contribution in [0.25, 0.3) is 22.4 Å². The molecule has 1 unspecified atom stereocenters. The minimum atomic E-state index is 0.112. The molecule has 0 aliphatic carbocycles. The second-order valence-corrected chi connectivity index (χ2v) is 5.44. The van der Waals surface area contributed by atoms with Gasteiger partial charge in [-0.1, -0.05) is 18.2 Å². The van der Waals surface area contributed by atoms with Crippen LogP contribution in [-0.2, 0) is 6.42 Å². The molecule has 0 aliphatic rings. The number of hydrogen-bond donors (Lipinski definition) is 1. The van der Waals surface area contributed by atoms with Gasteiger partial charge in [0.1, 0.15) is 5.69 Å². The van der Waals surface area contributed by atoms with Gasteiger partial charge >= 0.3 is 0 Å². The molecule has 3 rings (SSSR count). The molecule has 2 aromatic heterocycles. The zero-order chi connectivity index (χ0) is 14.8. The molecule has 0 radical (unpaired) electrons. The molecular weight excluding hydrogens is 260 g/mol. The van der Waals surface area contributed by atoms with Crippen LogP contribution in [0.2, 0.25) is 0 Å². The summed E-state index contributed by atoms with van der Waals surface area (Å²) >= 11 is 0. The van der Waals surface area contributed by atoms with Crippen LogP contribution in [0.15, 0.2) is 42.7 Å². The van der Waals surface area contributed by atoms with Gasteiger partial charge in [0.05, 0.1) is 5.52 Å². The summed E-state index contributed by atoms with van der Waals surface area (Å²) in [5, 5.41) is 1.16. The van der Waals surface area contributed by atoms with Crippen molar-refractivity contribution in [3.05, 3.63) is 53.9 Å². The highest BCUT2D eigenvalue weighted by molar-refractivity contribution is 5.84. The van der Waals surface area contributed by atoms with Crippen molar-refractivity contribution in [2.75, 3.05) is 0 Å². The van der Waals surface area contributed by atoms with E-state index in [1.165, 1.54) is 5.56 Å². The lowest BCUT2D eigenvalue weighted by molar-refractivity contribution is 0.732. The Morgan fingerprint density at radius 3 is 2.57 bits per heavy atom. The van der Waals surface area contributed by atoms with Crippen molar-refractivity contribution in [3.8, 4) is 11.5 Å². The van der Waals surface area contributed by atoms with Gasteiger partial charge < -0.3 is 5.73 Å². The smallest absolute Gasteiger partial charge is 0.178 e. The maximum atomic E-state index is 5.79. The van der Waals surface area contributed by atoms with Crippen LogP contribution in [0.5, 0.6) is 0 Å². The van der Waals surface area contributed by atoms with E-state index in [-0.39, 0.29) is 6.04 Å². The summed E-state index contributed by atoms with van der Waals surface area (Å²) in [6.07, 6.45) is 4.44. The van der Waals surface area contributed by atoms with Gasteiger partial charge in [0.2, 0.25) is 0 Å². The minimum Gasteiger partial charge on any atom is -0.328 e. The Morgan fingerprint density at radius 1 is 1.14 bits per heavy atom. The maximum absolute atomic E-state index is 5.79. The van der Waals surface area contributed by atoms with E-state index >= 15 is 0 Å². The van der Waals surface area contributed by atoms with Gasteiger partial charge in [-0.25, -0.2) is 15.0 Å². The Hall–Kier alpha value is -2.33. The quantitative estimate of drug-likeness (QED) is 0.800. The standard InChI is InChI=1S/C17H18N4/c1-11-7-16(21-15-6-4-3-5-14(11)15)17-19-9-13(10-20-17)8-12(2)18/h3-7,9-10,12H,8,18H2,1-2H3. The molecule has 0 amide bonds. The molecule has 0 saturated carbocycles. The van der Waals surface area contributed by atoms with Gasteiger partial charge in [-0.2, -0.15) is 0 Å². The number of rotatable bonds is 3. The highest BCUT2D eigenvalue weighted by Crippen LogP contribution is 2.21. The summed E-state index contributed by atoms with van der Waals surface area (Å²) < 4.78 is 0. The topological polar surface area (TPSA) is 64.7 Å². The number of aromatic nitrogens is 3. The van der Waals surface area contributed by atoms with Crippen molar-refractivity contribution in [2.45, 2.75) is 26.3 Å². The van der Waals surface area contributed by atoms with E-state index in [4.69, 9.17) is 5.73 Å². The Labute approximate surface area is 124 Å². The van der Waals surface area contributed by atoms with E-state index in [0.29, 0.717) is 5.82 Å². The number of para-hydroxylation sites is 1. The van der Waals surface area contributed by atoms with E-state index in [0.717, 1.165) is 28.6 Å². The first-order chi connectivity index (χ1) is 10.1. The van der Waals surface area contributed by atoms with Crippen molar-refractivity contribution < 1.29 is 0 Å². The molecule has 0 aliphatic heterocycles. The van der Waals surface area contributed by atoms with E-state index in [9.17, 15) is 0 Å². The fourth-order valence-corrected chi connectivity index (χ4v) is 2.43. The lowest BCUT2D eigenvalue weighted by atomic mass is 10.1. The average molecular weight is 278 g/mol. The Balaban J connectivity index is 2.00. The number of nitrogens with two attached hydrogens (primary N) is 1. The van der Waals surface area contributed by atoms with E-state index in [2.05, 4.69) is 27.9 Å². The second kappa shape index (κ2) is 5.58. The largest absolute Gasteiger partial charge is 0.328 e. The molecule has 4 nitrogen and oxygen atoms in total. The molecule has 0 bridgehead atoms. The summed E-state index contributed by atoms with van der Waals surface area (Å²) in [6.45, 7) is 4.06. The minimum absolute atomic E-state index is 0.112. The molecule has 0 fully saturated rings. The summed E-state index contributed by atoms with van der Waals surface area (Å²) in [7, 11) is 0. The maximum Gasteiger partial charge on any atom is 0.178 e. The highest BCUT2D eigenvalue weighted by atomic mass is 14.9. The lowest BCUT2D eigenvalue weighted by Gasteiger charge is -2.07. The second-order valence-electron chi connectivity index (χ2n) is 5.44. The third kappa shape index (κ3) is 2.90. The van der Waals surface area contributed by atoms with Gasteiger partial charge in [0.25, 0.3) is 0 Å². The number of fused-ring (bicyclic) bond motifs is 1. The van der Waals surface area contributed by atoms with Crippen molar-refractivity contribution in [1.29, 1.82) is 0 Å². The predicted octanol–water partition coefficient (Wildman–Crippen LogP) is 2.89. The van der Waals surface area contributed by atoms with Crippen molar-refractivity contribution in [1.82, 2.24) is 15.0 Å². The van der Waals surface area contributed by atoms with E-state index in [1.807, 2.05) is 43.6 Å². The molecule has 1 atom stereocenters. The number of benzene rings is 1. The van der Waals surface area contributed by atoms with Crippen LogP contribution in [0.4, 0.5) is 0 Å². The fraction of sp³-hybridized carbons (Fsp3) is 0.235. The molecule has 1 aromatic carbocycles. The molecule has 3 aromatic rings. The zero-order valence-corrected chi connectivity index (χ0v) is 12.2. The number of aryl methyl sites for hydroxylation is 1. The molecule has 2 N–H and O–H groups in total. The van der Waals surface area contributed by atoms with E-state index in [1.54, 1.807) is 0 Å². The Bertz CT molecular complexity index is 763. The van der Waals surface area contributed by atoms with E-state index < -0.39 is 0 Å². The number of pyridine rings is 1. The Morgan fingerprint density at radius 2 is 1.86 bits per heavy atom. The van der Waals surface area contributed by atoms with Gasteiger partial charge in [0, 0.05) is 23.8 Å². The molecule has 0 spiro atoms. The number of nitrogens with zero attached hydrogens (tertiary/aromatic N) is 3. The van der Waals surface area contributed by atoms with Crippen LogP contribution < -0.4 is 5.73 Å².